The van der Waals surface area contributed by atoms with Crippen molar-refractivity contribution in [2.24, 2.45) is 5.41 Å². The van der Waals surface area contributed by atoms with E-state index in [1.165, 1.54) is 25.5 Å². The zero-order valence-electron chi connectivity index (χ0n) is 15.7. The van der Waals surface area contributed by atoms with E-state index in [4.69, 9.17) is 16.3 Å². The normalized spacial score (nSPS) is 14.4. The van der Waals surface area contributed by atoms with Crippen molar-refractivity contribution in [1.29, 1.82) is 0 Å². The van der Waals surface area contributed by atoms with Crippen LogP contribution in [-0.2, 0) is 9.59 Å². The summed E-state index contributed by atoms with van der Waals surface area (Å²) in [5, 5.41) is 6.10. The van der Waals surface area contributed by atoms with E-state index in [2.05, 4.69) is 16.7 Å². The highest BCUT2D eigenvalue weighted by atomic mass is 35.5. The number of hydrogen-bond acceptors (Lipinski definition) is 3. The van der Waals surface area contributed by atoms with Crippen LogP contribution < -0.4 is 15.4 Å². The number of hydrogen-bond donors (Lipinski definition) is 2. The molecule has 2 amide bonds. The third-order valence-corrected chi connectivity index (χ3v) is 4.90. The lowest BCUT2D eigenvalue weighted by Crippen LogP contribution is -2.45. The summed E-state index contributed by atoms with van der Waals surface area (Å²) < 4.78 is 5.23. The summed E-state index contributed by atoms with van der Waals surface area (Å²) in [6, 6.07) is 4.94. The zero-order chi connectivity index (χ0) is 19.2. The van der Waals surface area contributed by atoms with Gasteiger partial charge in [-0.25, -0.2) is 0 Å². The number of amides is 2. The fourth-order valence-electron chi connectivity index (χ4n) is 2.85. The van der Waals surface area contributed by atoms with Crippen LogP contribution in [0.1, 0.15) is 46.0 Å². The SMILES string of the molecule is COc1ccc(Cl)cc1NC(=O)C(C)(C)C(=O)NCCC1=CCCCC1. The van der Waals surface area contributed by atoms with Gasteiger partial charge in [-0.1, -0.05) is 23.3 Å². The highest BCUT2D eigenvalue weighted by Crippen LogP contribution is 2.29. The maximum Gasteiger partial charge on any atom is 0.239 e. The molecule has 5 nitrogen and oxygen atoms in total. The van der Waals surface area contributed by atoms with Gasteiger partial charge < -0.3 is 15.4 Å². The molecular weight excluding hydrogens is 352 g/mol. The van der Waals surface area contributed by atoms with Crippen LogP contribution >= 0.6 is 11.6 Å². The molecule has 1 aromatic carbocycles. The maximum absolute atomic E-state index is 12.6. The van der Waals surface area contributed by atoms with E-state index in [-0.39, 0.29) is 5.91 Å². The number of anilines is 1. The summed E-state index contributed by atoms with van der Waals surface area (Å²) in [6.45, 7) is 3.75. The Morgan fingerprint density at radius 1 is 1.23 bits per heavy atom. The third-order valence-electron chi connectivity index (χ3n) is 4.66. The Morgan fingerprint density at radius 3 is 2.65 bits per heavy atom. The third kappa shape index (κ3) is 5.24. The van der Waals surface area contributed by atoms with E-state index in [0.29, 0.717) is 23.0 Å². The van der Waals surface area contributed by atoms with Gasteiger partial charge in [-0.2, -0.15) is 0 Å². The second-order valence-corrected chi connectivity index (χ2v) is 7.47. The summed E-state index contributed by atoms with van der Waals surface area (Å²) in [5.41, 5.74) is 0.620. The van der Waals surface area contributed by atoms with Gasteiger partial charge in [0.2, 0.25) is 11.8 Å². The van der Waals surface area contributed by atoms with Crippen LogP contribution in [0.2, 0.25) is 5.02 Å². The van der Waals surface area contributed by atoms with Gasteiger partial charge >= 0.3 is 0 Å². The zero-order valence-corrected chi connectivity index (χ0v) is 16.4. The van der Waals surface area contributed by atoms with Crippen molar-refractivity contribution in [2.75, 3.05) is 19.0 Å². The smallest absolute Gasteiger partial charge is 0.239 e. The van der Waals surface area contributed by atoms with Gasteiger partial charge in [0.25, 0.3) is 0 Å². The average Bonchev–Trinajstić information content (AvgIpc) is 2.62. The van der Waals surface area contributed by atoms with Gasteiger partial charge in [0.1, 0.15) is 11.2 Å². The van der Waals surface area contributed by atoms with Crippen LogP contribution in [0.3, 0.4) is 0 Å². The minimum absolute atomic E-state index is 0.299. The molecule has 1 aromatic rings. The number of nitrogens with one attached hydrogen (secondary N) is 2. The predicted octanol–water partition coefficient (Wildman–Crippen LogP) is 4.32. The van der Waals surface area contributed by atoms with E-state index in [9.17, 15) is 9.59 Å². The lowest BCUT2D eigenvalue weighted by atomic mass is 9.90. The van der Waals surface area contributed by atoms with Crippen molar-refractivity contribution in [2.45, 2.75) is 46.0 Å². The summed E-state index contributed by atoms with van der Waals surface area (Å²) in [7, 11) is 1.51. The molecule has 26 heavy (non-hydrogen) atoms. The van der Waals surface area contributed by atoms with E-state index in [1.54, 1.807) is 32.0 Å². The quantitative estimate of drug-likeness (QED) is 0.548. The van der Waals surface area contributed by atoms with E-state index in [0.717, 1.165) is 19.3 Å². The predicted molar refractivity (Wildman–Crippen MR) is 105 cm³/mol. The van der Waals surface area contributed by atoms with Crippen molar-refractivity contribution in [3.63, 3.8) is 0 Å². The van der Waals surface area contributed by atoms with Crippen molar-refractivity contribution in [1.82, 2.24) is 5.32 Å². The largest absolute Gasteiger partial charge is 0.495 e. The first kappa shape index (κ1) is 20.3. The van der Waals surface area contributed by atoms with Gasteiger partial charge in [0, 0.05) is 11.6 Å². The first-order valence-electron chi connectivity index (χ1n) is 8.96. The van der Waals surface area contributed by atoms with E-state index >= 15 is 0 Å². The van der Waals surface area contributed by atoms with E-state index in [1.807, 2.05) is 0 Å². The molecule has 0 saturated carbocycles. The Hall–Kier alpha value is -2.01. The molecule has 0 bridgehead atoms. The molecule has 1 aliphatic carbocycles. The van der Waals surface area contributed by atoms with Gasteiger partial charge in [-0.3, -0.25) is 9.59 Å². The standard InChI is InChI=1S/C20H27ClN2O3/c1-20(2,18(24)22-12-11-14-7-5-4-6-8-14)19(25)23-16-13-15(21)9-10-17(16)26-3/h7,9-10,13H,4-6,8,11-12H2,1-3H3,(H,22,24)(H,23,25). The lowest BCUT2D eigenvalue weighted by Gasteiger charge is -2.23. The summed E-state index contributed by atoms with van der Waals surface area (Å²) in [6.07, 6.45) is 7.79. The Kier molecular flexibility index (Phi) is 7.09. The van der Waals surface area contributed by atoms with Crippen LogP contribution in [0.15, 0.2) is 29.8 Å². The van der Waals surface area contributed by atoms with Crippen molar-refractivity contribution < 1.29 is 14.3 Å². The fourth-order valence-corrected chi connectivity index (χ4v) is 3.02. The fraction of sp³-hybridized carbons (Fsp3) is 0.500. The molecule has 0 aromatic heterocycles. The van der Waals surface area contributed by atoms with Crippen LogP contribution in [0.25, 0.3) is 0 Å². The van der Waals surface area contributed by atoms with Crippen LogP contribution in [-0.4, -0.2) is 25.5 Å². The summed E-state index contributed by atoms with van der Waals surface area (Å²) >= 11 is 5.98. The molecule has 0 atom stereocenters. The molecule has 2 N–H and O–H groups in total. The highest BCUT2D eigenvalue weighted by Gasteiger charge is 2.36. The highest BCUT2D eigenvalue weighted by molar-refractivity contribution is 6.31. The van der Waals surface area contributed by atoms with Gasteiger partial charge in [-0.15, -0.1) is 0 Å². The Morgan fingerprint density at radius 2 is 2.00 bits per heavy atom. The summed E-state index contributed by atoms with van der Waals surface area (Å²) in [5.74, 6) is -0.219. The minimum atomic E-state index is -1.21. The first-order chi connectivity index (χ1) is 12.3. The molecular formula is C20H27ClN2O3. The topological polar surface area (TPSA) is 67.4 Å². The average molecular weight is 379 g/mol. The molecule has 0 heterocycles. The molecule has 0 unspecified atom stereocenters. The maximum atomic E-state index is 12.6. The minimum Gasteiger partial charge on any atom is -0.495 e. The van der Waals surface area contributed by atoms with Crippen molar-refractivity contribution >= 4 is 29.1 Å². The second-order valence-electron chi connectivity index (χ2n) is 7.04. The molecule has 0 fully saturated rings. The Labute approximate surface area is 160 Å². The number of rotatable bonds is 7. The van der Waals surface area contributed by atoms with Crippen LogP contribution in [0.5, 0.6) is 5.75 Å². The Balaban J connectivity index is 1.94. The number of carbonyl (C=O) groups excluding carboxylic acids is 2. The number of halogens is 1. The number of methoxy groups -OCH3 is 1. The molecule has 0 spiro atoms. The molecule has 6 heteroatoms. The molecule has 1 aliphatic rings. The van der Waals surface area contributed by atoms with Crippen LogP contribution in [0.4, 0.5) is 5.69 Å². The molecule has 2 rings (SSSR count). The molecule has 0 saturated heterocycles. The van der Waals surface area contributed by atoms with Crippen molar-refractivity contribution in [3.8, 4) is 5.75 Å². The van der Waals surface area contributed by atoms with E-state index < -0.39 is 11.3 Å². The number of allylic oxidation sites excluding steroid dienone is 1. The lowest BCUT2D eigenvalue weighted by molar-refractivity contribution is -0.138. The van der Waals surface area contributed by atoms with Gasteiger partial charge in [0.05, 0.1) is 12.8 Å². The molecule has 142 valence electrons. The summed E-state index contributed by atoms with van der Waals surface area (Å²) in [4.78, 5) is 25.1. The molecule has 0 aliphatic heterocycles. The second kappa shape index (κ2) is 9.08. The Bertz CT molecular complexity index is 698. The first-order valence-corrected chi connectivity index (χ1v) is 9.33. The van der Waals surface area contributed by atoms with Gasteiger partial charge in [0.15, 0.2) is 0 Å². The van der Waals surface area contributed by atoms with Crippen LogP contribution in [0, 0.1) is 5.41 Å². The number of ether oxygens (including phenoxy) is 1. The van der Waals surface area contributed by atoms with Crippen molar-refractivity contribution in [3.05, 3.63) is 34.9 Å². The number of benzene rings is 1. The monoisotopic (exact) mass is 378 g/mol. The van der Waals surface area contributed by atoms with Gasteiger partial charge in [-0.05, 0) is 64.2 Å². The number of carbonyl (C=O) groups is 2. The molecule has 0 radical (unpaired) electrons.